The number of benzene rings is 1. The van der Waals surface area contributed by atoms with E-state index in [-0.39, 0.29) is 5.97 Å². The Bertz CT molecular complexity index is 363. The number of hydrogen-bond acceptors (Lipinski definition) is 3. The molecule has 82 valence electrons. The summed E-state index contributed by atoms with van der Waals surface area (Å²) in [5.41, 5.74) is 0.981. The van der Waals surface area contributed by atoms with E-state index in [1.165, 1.54) is 7.11 Å². The lowest BCUT2D eigenvalue weighted by Gasteiger charge is -2.14. The minimum atomic E-state index is -0.594. The van der Waals surface area contributed by atoms with Crippen LogP contribution in [0.25, 0.3) is 0 Å². The van der Waals surface area contributed by atoms with Crippen molar-refractivity contribution in [2.75, 3.05) is 7.11 Å². The zero-order valence-corrected chi connectivity index (χ0v) is 10.5. The number of carbonyl (C=O) groups excluding carboxylic acids is 1. The van der Waals surface area contributed by atoms with Crippen molar-refractivity contribution in [3.8, 4) is 5.75 Å². The highest BCUT2D eigenvalue weighted by atomic mass is 79.9. The first-order valence-corrected chi connectivity index (χ1v) is 5.34. The van der Waals surface area contributed by atoms with Crippen LogP contribution in [-0.2, 0) is 9.53 Å². The molecule has 1 rings (SSSR count). The van der Waals surface area contributed by atoms with Gasteiger partial charge < -0.3 is 9.47 Å². The van der Waals surface area contributed by atoms with E-state index in [2.05, 4.69) is 20.7 Å². The van der Waals surface area contributed by atoms with Crippen LogP contribution in [-0.4, -0.2) is 19.2 Å². The number of carbonyl (C=O) groups is 1. The molecule has 0 saturated heterocycles. The smallest absolute Gasteiger partial charge is 0.346 e. The molecule has 0 aliphatic heterocycles. The highest BCUT2D eigenvalue weighted by molar-refractivity contribution is 9.10. The zero-order chi connectivity index (χ0) is 11.4. The Labute approximate surface area is 97.5 Å². The molecule has 1 atom stereocenters. The third-order valence-corrected chi connectivity index (χ3v) is 2.48. The van der Waals surface area contributed by atoms with Gasteiger partial charge in [-0.25, -0.2) is 4.79 Å². The molecule has 4 heteroatoms. The van der Waals surface area contributed by atoms with Crippen LogP contribution < -0.4 is 4.74 Å². The molecule has 0 bridgehead atoms. The average molecular weight is 273 g/mol. The second-order valence-electron chi connectivity index (χ2n) is 3.19. The monoisotopic (exact) mass is 272 g/mol. The van der Waals surface area contributed by atoms with Gasteiger partial charge in [-0.2, -0.15) is 0 Å². The van der Waals surface area contributed by atoms with Crippen molar-refractivity contribution in [2.45, 2.75) is 20.0 Å². The van der Waals surface area contributed by atoms with Gasteiger partial charge in [-0.15, -0.1) is 0 Å². The van der Waals surface area contributed by atoms with Gasteiger partial charge in [0.2, 0.25) is 0 Å². The van der Waals surface area contributed by atoms with Crippen molar-refractivity contribution in [3.63, 3.8) is 0 Å². The predicted octanol–water partition coefficient (Wildman–Crippen LogP) is 2.70. The average Bonchev–Trinajstić information content (AvgIpc) is 2.22. The first kappa shape index (κ1) is 12.0. The van der Waals surface area contributed by atoms with Gasteiger partial charge in [0.15, 0.2) is 6.10 Å². The largest absolute Gasteiger partial charge is 0.479 e. The maximum Gasteiger partial charge on any atom is 0.346 e. The van der Waals surface area contributed by atoms with Crippen molar-refractivity contribution in [1.29, 1.82) is 0 Å². The first-order valence-electron chi connectivity index (χ1n) is 4.55. The Morgan fingerprint density at radius 3 is 2.73 bits per heavy atom. The molecule has 0 unspecified atom stereocenters. The van der Waals surface area contributed by atoms with Gasteiger partial charge in [0.05, 0.1) is 7.11 Å². The molecule has 0 aromatic heterocycles. The van der Waals surface area contributed by atoms with E-state index in [1.54, 1.807) is 6.92 Å². The van der Waals surface area contributed by atoms with E-state index in [0.717, 1.165) is 10.0 Å². The van der Waals surface area contributed by atoms with Crippen LogP contribution in [0, 0.1) is 6.92 Å². The van der Waals surface area contributed by atoms with Gasteiger partial charge in [0.25, 0.3) is 0 Å². The number of rotatable bonds is 3. The molecule has 0 fully saturated rings. The number of hydrogen-bond donors (Lipinski definition) is 0. The molecular formula is C11H13BrO3. The quantitative estimate of drug-likeness (QED) is 0.794. The van der Waals surface area contributed by atoms with Crippen molar-refractivity contribution < 1.29 is 14.3 Å². The predicted molar refractivity (Wildman–Crippen MR) is 61.0 cm³/mol. The number of ether oxygens (including phenoxy) is 2. The third-order valence-electron chi connectivity index (χ3n) is 1.99. The van der Waals surface area contributed by atoms with E-state index in [9.17, 15) is 4.79 Å². The zero-order valence-electron chi connectivity index (χ0n) is 8.91. The summed E-state index contributed by atoms with van der Waals surface area (Å²) in [5, 5.41) is 0. The number of esters is 1. The van der Waals surface area contributed by atoms with Crippen LogP contribution in [0.5, 0.6) is 5.75 Å². The molecule has 0 spiro atoms. The minimum Gasteiger partial charge on any atom is -0.479 e. The van der Waals surface area contributed by atoms with Crippen LogP contribution in [0.3, 0.4) is 0 Å². The van der Waals surface area contributed by atoms with E-state index in [0.29, 0.717) is 5.75 Å². The summed E-state index contributed by atoms with van der Waals surface area (Å²) in [5.74, 6) is 0.302. The van der Waals surface area contributed by atoms with Gasteiger partial charge in [-0.05, 0) is 31.5 Å². The Morgan fingerprint density at radius 1 is 1.47 bits per heavy atom. The van der Waals surface area contributed by atoms with Gasteiger partial charge in [0.1, 0.15) is 5.75 Å². The van der Waals surface area contributed by atoms with Crippen molar-refractivity contribution >= 4 is 21.9 Å². The lowest BCUT2D eigenvalue weighted by atomic mass is 10.2. The molecule has 1 aromatic carbocycles. The first-order chi connectivity index (χ1) is 7.04. The van der Waals surface area contributed by atoms with Crippen molar-refractivity contribution in [3.05, 3.63) is 28.2 Å². The molecule has 1 aromatic rings. The molecule has 15 heavy (non-hydrogen) atoms. The van der Waals surface area contributed by atoms with Crippen LogP contribution in [0.2, 0.25) is 0 Å². The summed E-state index contributed by atoms with van der Waals surface area (Å²) in [6.45, 7) is 3.58. The minimum absolute atomic E-state index is 0.380. The summed E-state index contributed by atoms with van der Waals surface area (Å²) >= 11 is 3.34. The fourth-order valence-electron chi connectivity index (χ4n) is 1.11. The lowest BCUT2D eigenvalue weighted by molar-refractivity contribution is -0.147. The second kappa shape index (κ2) is 5.16. The molecule has 0 radical (unpaired) electrons. The highest BCUT2D eigenvalue weighted by Crippen LogP contribution is 2.23. The molecule has 0 amide bonds. The second-order valence-corrected chi connectivity index (χ2v) is 4.11. The standard InChI is InChI=1S/C11H13BrO3/c1-7-4-5-9(12)6-10(7)15-8(2)11(13)14-3/h4-6,8H,1-3H3/t8-/m0/s1. The molecule has 0 N–H and O–H groups in total. The van der Waals surface area contributed by atoms with Gasteiger partial charge in [0, 0.05) is 4.47 Å². The summed E-state index contributed by atoms with van der Waals surface area (Å²) in [6, 6.07) is 5.67. The van der Waals surface area contributed by atoms with Crippen LogP contribution >= 0.6 is 15.9 Å². The summed E-state index contributed by atoms with van der Waals surface area (Å²) in [6.07, 6.45) is -0.594. The van der Waals surface area contributed by atoms with E-state index in [4.69, 9.17) is 4.74 Å². The normalized spacial score (nSPS) is 12.0. The fourth-order valence-corrected chi connectivity index (χ4v) is 1.45. The number of halogens is 1. The fraction of sp³-hybridized carbons (Fsp3) is 0.364. The van der Waals surface area contributed by atoms with E-state index in [1.807, 2.05) is 25.1 Å². The number of aryl methyl sites for hydroxylation is 1. The Kier molecular flexibility index (Phi) is 4.15. The van der Waals surface area contributed by atoms with Gasteiger partial charge in [-0.3, -0.25) is 0 Å². The van der Waals surface area contributed by atoms with Crippen LogP contribution in [0.15, 0.2) is 22.7 Å². The number of methoxy groups -OCH3 is 1. The van der Waals surface area contributed by atoms with Crippen molar-refractivity contribution in [1.82, 2.24) is 0 Å². The lowest BCUT2D eigenvalue weighted by Crippen LogP contribution is -2.25. The molecule has 3 nitrogen and oxygen atoms in total. The highest BCUT2D eigenvalue weighted by Gasteiger charge is 2.15. The Morgan fingerprint density at radius 2 is 2.13 bits per heavy atom. The molecule has 0 aliphatic carbocycles. The molecule has 0 saturated carbocycles. The maximum absolute atomic E-state index is 11.2. The third kappa shape index (κ3) is 3.23. The molecule has 0 aliphatic rings. The van der Waals surface area contributed by atoms with Crippen molar-refractivity contribution in [2.24, 2.45) is 0 Å². The Hall–Kier alpha value is -1.03. The van der Waals surface area contributed by atoms with Crippen LogP contribution in [0.4, 0.5) is 0 Å². The summed E-state index contributed by atoms with van der Waals surface area (Å²) in [4.78, 5) is 11.2. The summed E-state index contributed by atoms with van der Waals surface area (Å²) < 4.78 is 11.0. The maximum atomic E-state index is 11.2. The van der Waals surface area contributed by atoms with Gasteiger partial charge >= 0.3 is 5.97 Å². The SMILES string of the molecule is COC(=O)[C@H](C)Oc1cc(Br)ccc1C. The molecular weight excluding hydrogens is 260 g/mol. The van der Waals surface area contributed by atoms with E-state index >= 15 is 0 Å². The van der Waals surface area contributed by atoms with Crippen LogP contribution in [0.1, 0.15) is 12.5 Å². The topological polar surface area (TPSA) is 35.5 Å². The summed E-state index contributed by atoms with van der Waals surface area (Å²) in [7, 11) is 1.34. The molecule has 0 heterocycles. The van der Waals surface area contributed by atoms with Gasteiger partial charge in [-0.1, -0.05) is 22.0 Å². The Balaban J connectivity index is 2.80. The van der Waals surface area contributed by atoms with E-state index < -0.39 is 6.10 Å².